The number of amides is 2. The Bertz CT molecular complexity index is 1190. The number of sulfonamides is 1. The number of aryl methyl sites for hydroxylation is 3. The minimum atomic E-state index is -3.53. The Kier molecular flexibility index (Phi) is 9.76. The SMILES string of the molecule is Cc1ccc(CN(C(=O)CCCN(c2cc(C)ccc2C)S(C)(=O)=O)[C@H](C)C(=O)NC2CCCC2)cc1. The zero-order valence-corrected chi connectivity index (χ0v) is 23.6. The van der Waals surface area contributed by atoms with Crippen LogP contribution in [-0.2, 0) is 26.2 Å². The van der Waals surface area contributed by atoms with Crippen molar-refractivity contribution in [3.63, 3.8) is 0 Å². The van der Waals surface area contributed by atoms with Crippen LogP contribution < -0.4 is 9.62 Å². The lowest BCUT2D eigenvalue weighted by Crippen LogP contribution is -2.49. The summed E-state index contributed by atoms with van der Waals surface area (Å²) in [7, 11) is -3.53. The van der Waals surface area contributed by atoms with Crippen LogP contribution in [0.2, 0.25) is 0 Å². The van der Waals surface area contributed by atoms with Crippen LogP contribution in [0.15, 0.2) is 42.5 Å². The summed E-state index contributed by atoms with van der Waals surface area (Å²) in [6.07, 6.45) is 5.86. The normalized spacial score (nSPS) is 14.8. The first-order valence-corrected chi connectivity index (χ1v) is 15.0. The summed E-state index contributed by atoms with van der Waals surface area (Å²) >= 11 is 0. The number of nitrogens with zero attached hydrogens (tertiary/aromatic N) is 2. The highest BCUT2D eigenvalue weighted by molar-refractivity contribution is 7.92. The van der Waals surface area contributed by atoms with Gasteiger partial charge in [0.1, 0.15) is 6.04 Å². The number of rotatable bonds is 11. The number of anilines is 1. The van der Waals surface area contributed by atoms with Gasteiger partial charge >= 0.3 is 0 Å². The molecule has 0 radical (unpaired) electrons. The van der Waals surface area contributed by atoms with Gasteiger partial charge in [0.25, 0.3) is 0 Å². The molecule has 0 saturated heterocycles. The van der Waals surface area contributed by atoms with Gasteiger partial charge in [0.15, 0.2) is 0 Å². The van der Waals surface area contributed by atoms with Crippen LogP contribution in [0.5, 0.6) is 0 Å². The molecular formula is C29H41N3O4S. The molecule has 0 aromatic heterocycles. The summed E-state index contributed by atoms with van der Waals surface area (Å²) in [6.45, 7) is 8.10. The molecule has 1 saturated carbocycles. The van der Waals surface area contributed by atoms with Crippen molar-refractivity contribution in [2.75, 3.05) is 17.1 Å². The maximum atomic E-state index is 13.5. The summed E-state index contributed by atoms with van der Waals surface area (Å²) in [5.74, 6) is -0.301. The molecule has 0 heterocycles. The minimum absolute atomic E-state index is 0.138. The molecule has 8 heteroatoms. The number of hydrogen-bond donors (Lipinski definition) is 1. The second kappa shape index (κ2) is 12.6. The van der Waals surface area contributed by atoms with Crippen molar-refractivity contribution < 1.29 is 18.0 Å². The van der Waals surface area contributed by atoms with Gasteiger partial charge in [-0.05, 0) is 69.7 Å². The summed E-state index contributed by atoms with van der Waals surface area (Å²) in [5.41, 5.74) is 4.54. The Morgan fingerprint density at radius 1 is 1.00 bits per heavy atom. The molecule has 1 fully saturated rings. The number of carbonyl (C=O) groups is 2. The highest BCUT2D eigenvalue weighted by Gasteiger charge is 2.29. The third-order valence-electron chi connectivity index (χ3n) is 7.13. The van der Waals surface area contributed by atoms with Gasteiger partial charge in [-0.15, -0.1) is 0 Å². The Morgan fingerprint density at radius 2 is 1.62 bits per heavy atom. The van der Waals surface area contributed by atoms with Crippen LogP contribution >= 0.6 is 0 Å². The fourth-order valence-corrected chi connectivity index (χ4v) is 5.85. The van der Waals surface area contributed by atoms with E-state index >= 15 is 0 Å². The smallest absolute Gasteiger partial charge is 0.242 e. The van der Waals surface area contributed by atoms with Gasteiger partial charge in [-0.1, -0.05) is 54.8 Å². The number of carbonyl (C=O) groups excluding carboxylic acids is 2. The van der Waals surface area contributed by atoms with E-state index in [1.54, 1.807) is 11.8 Å². The monoisotopic (exact) mass is 527 g/mol. The molecule has 202 valence electrons. The van der Waals surface area contributed by atoms with Crippen LogP contribution in [0.25, 0.3) is 0 Å². The second-order valence-electron chi connectivity index (χ2n) is 10.4. The largest absolute Gasteiger partial charge is 0.352 e. The second-order valence-corrected chi connectivity index (χ2v) is 12.3. The first kappa shape index (κ1) is 28.7. The molecule has 1 N–H and O–H groups in total. The Balaban J connectivity index is 1.73. The molecule has 2 amide bonds. The number of nitrogens with one attached hydrogen (secondary N) is 1. The molecule has 3 rings (SSSR count). The standard InChI is InChI=1S/C29H41N3O4S/c1-21-13-16-25(17-14-21)20-31(24(4)29(34)30-26-9-6-7-10-26)28(33)11-8-18-32(37(5,35)36)27-19-22(2)12-15-23(27)3/h12-17,19,24,26H,6-11,18,20H2,1-5H3,(H,30,34)/t24-/m1/s1. The van der Waals surface area contributed by atoms with E-state index in [2.05, 4.69) is 5.32 Å². The van der Waals surface area contributed by atoms with Gasteiger partial charge in [0.05, 0.1) is 11.9 Å². The minimum Gasteiger partial charge on any atom is -0.352 e. The first-order chi connectivity index (χ1) is 17.5. The van der Waals surface area contributed by atoms with Crippen molar-refractivity contribution in [2.45, 2.75) is 84.8 Å². The number of hydrogen-bond acceptors (Lipinski definition) is 4. The van der Waals surface area contributed by atoms with E-state index in [1.165, 1.54) is 10.6 Å². The molecule has 2 aromatic carbocycles. The average Bonchev–Trinajstić information content (AvgIpc) is 3.35. The van der Waals surface area contributed by atoms with Crippen molar-refractivity contribution in [3.05, 3.63) is 64.7 Å². The van der Waals surface area contributed by atoms with Gasteiger partial charge in [-0.25, -0.2) is 8.42 Å². The summed E-state index contributed by atoms with van der Waals surface area (Å²) in [5, 5.41) is 3.12. The van der Waals surface area contributed by atoms with Crippen LogP contribution in [0, 0.1) is 20.8 Å². The Labute approximate surface area is 222 Å². The van der Waals surface area contributed by atoms with Crippen molar-refractivity contribution in [2.24, 2.45) is 0 Å². The fourth-order valence-electron chi connectivity index (χ4n) is 4.84. The van der Waals surface area contributed by atoms with Gasteiger partial charge in [-0.2, -0.15) is 0 Å². The van der Waals surface area contributed by atoms with Gasteiger partial charge in [0.2, 0.25) is 21.8 Å². The summed E-state index contributed by atoms with van der Waals surface area (Å²) < 4.78 is 26.6. The Morgan fingerprint density at radius 3 is 2.24 bits per heavy atom. The van der Waals surface area contributed by atoms with E-state index < -0.39 is 16.1 Å². The van der Waals surface area contributed by atoms with Crippen molar-refractivity contribution in [1.29, 1.82) is 0 Å². The van der Waals surface area contributed by atoms with E-state index in [-0.39, 0.29) is 30.8 Å². The maximum Gasteiger partial charge on any atom is 0.242 e. The van der Waals surface area contributed by atoms with Crippen LogP contribution in [0.3, 0.4) is 0 Å². The lowest BCUT2D eigenvalue weighted by atomic mass is 10.1. The molecule has 0 unspecified atom stereocenters. The molecule has 37 heavy (non-hydrogen) atoms. The molecule has 1 aliphatic rings. The topological polar surface area (TPSA) is 86.8 Å². The lowest BCUT2D eigenvalue weighted by Gasteiger charge is -2.30. The molecular weight excluding hydrogens is 486 g/mol. The van der Waals surface area contributed by atoms with Crippen molar-refractivity contribution >= 4 is 27.5 Å². The highest BCUT2D eigenvalue weighted by atomic mass is 32.2. The van der Waals surface area contributed by atoms with Gasteiger partial charge < -0.3 is 10.2 Å². The van der Waals surface area contributed by atoms with E-state index in [1.807, 2.05) is 63.2 Å². The predicted octanol–water partition coefficient (Wildman–Crippen LogP) is 4.63. The van der Waals surface area contributed by atoms with Crippen LogP contribution in [-0.4, -0.2) is 50.0 Å². The average molecular weight is 528 g/mol. The molecule has 0 bridgehead atoms. The third-order valence-corrected chi connectivity index (χ3v) is 8.31. The lowest BCUT2D eigenvalue weighted by molar-refractivity contribution is -0.141. The zero-order valence-electron chi connectivity index (χ0n) is 22.8. The van der Waals surface area contributed by atoms with Gasteiger partial charge in [0, 0.05) is 25.6 Å². The maximum absolute atomic E-state index is 13.5. The fraction of sp³-hybridized carbons (Fsp3) is 0.517. The third kappa shape index (κ3) is 8.06. The van der Waals surface area contributed by atoms with E-state index in [0.29, 0.717) is 18.7 Å². The highest BCUT2D eigenvalue weighted by Crippen LogP contribution is 2.25. The molecule has 7 nitrogen and oxygen atoms in total. The van der Waals surface area contributed by atoms with E-state index in [0.717, 1.165) is 47.9 Å². The first-order valence-electron chi connectivity index (χ1n) is 13.2. The van der Waals surface area contributed by atoms with Crippen molar-refractivity contribution in [3.8, 4) is 0 Å². The molecule has 1 aliphatic carbocycles. The Hall–Kier alpha value is -2.87. The van der Waals surface area contributed by atoms with E-state index in [9.17, 15) is 18.0 Å². The number of benzene rings is 2. The van der Waals surface area contributed by atoms with Crippen molar-refractivity contribution in [1.82, 2.24) is 10.2 Å². The van der Waals surface area contributed by atoms with Crippen LogP contribution in [0.4, 0.5) is 5.69 Å². The molecule has 0 spiro atoms. The quantitative estimate of drug-likeness (QED) is 0.461. The molecule has 2 aromatic rings. The van der Waals surface area contributed by atoms with Gasteiger partial charge in [-0.3, -0.25) is 13.9 Å². The zero-order chi connectivity index (χ0) is 27.2. The predicted molar refractivity (Wildman–Crippen MR) is 149 cm³/mol. The molecule has 1 atom stereocenters. The van der Waals surface area contributed by atoms with Crippen LogP contribution in [0.1, 0.15) is 67.7 Å². The summed E-state index contributed by atoms with van der Waals surface area (Å²) in [6, 6.07) is 13.2. The molecule has 0 aliphatic heterocycles. The summed E-state index contributed by atoms with van der Waals surface area (Å²) in [4.78, 5) is 28.2. The van der Waals surface area contributed by atoms with E-state index in [4.69, 9.17) is 0 Å².